The Hall–Kier alpha value is -0.780. The number of hydrogen-bond acceptors (Lipinski definition) is 0. The van der Waals surface area contributed by atoms with Crippen molar-refractivity contribution >= 4 is 0 Å². The molecular weight excluding hydrogens is 120 g/mol. The summed E-state index contributed by atoms with van der Waals surface area (Å²) in [7, 11) is 0. The third-order valence-corrected chi connectivity index (χ3v) is 2.08. The Kier molecular flexibility index (Phi) is 2.10. The van der Waals surface area contributed by atoms with E-state index in [1.165, 1.54) is 5.57 Å². The molecule has 0 bridgehead atoms. The van der Waals surface area contributed by atoms with E-state index in [0.717, 1.165) is 5.92 Å². The van der Waals surface area contributed by atoms with Crippen molar-refractivity contribution in [2.75, 3.05) is 0 Å². The minimum atomic E-state index is 0.663. The van der Waals surface area contributed by atoms with Crippen molar-refractivity contribution in [1.29, 1.82) is 0 Å². The van der Waals surface area contributed by atoms with Crippen LogP contribution in [0.25, 0.3) is 0 Å². The van der Waals surface area contributed by atoms with Crippen LogP contribution in [0.15, 0.2) is 36.5 Å². The molecule has 0 heterocycles. The van der Waals surface area contributed by atoms with Crippen molar-refractivity contribution in [2.24, 2.45) is 11.8 Å². The van der Waals surface area contributed by atoms with Crippen molar-refractivity contribution in [1.82, 2.24) is 0 Å². The summed E-state index contributed by atoms with van der Waals surface area (Å²) in [6.07, 6.45) is 8.37. The second kappa shape index (κ2) is 2.87. The van der Waals surface area contributed by atoms with Crippen LogP contribution in [0, 0.1) is 11.8 Å². The fourth-order valence-corrected chi connectivity index (χ4v) is 1.26. The Morgan fingerprint density at radius 3 is 2.60 bits per heavy atom. The molecule has 10 heavy (non-hydrogen) atoms. The molecule has 0 spiro atoms. The number of allylic oxidation sites excluding steroid dienone is 5. The molecule has 0 aromatic carbocycles. The predicted molar refractivity (Wildman–Crippen MR) is 45.7 cm³/mol. The summed E-state index contributed by atoms with van der Waals surface area (Å²) in [5, 5.41) is 0. The Bertz CT molecular complexity index is 184. The van der Waals surface area contributed by atoms with Crippen LogP contribution in [0.3, 0.4) is 0 Å². The molecule has 0 aliphatic heterocycles. The van der Waals surface area contributed by atoms with Gasteiger partial charge >= 0.3 is 0 Å². The summed E-state index contributed by atoms with van der Waals surface area (Å²) < 4.78 is 0. The van der Waals surface area contributed by atoms with E-state index in [1.54, 1.807) is 0 Å². The van der Waals surface area contributed by atoms with Gasteiger partial charge in [0.1, 0.15) is 0 Å². The van der Waals surface area contributed by atoms with Gasteiger partial charge in [-0.3, -0.25) is 0 Å². The first-order chi connectivity index (χ1) is 4.81. The largest absolute Gasteiger partial charge is 0.102 e. The molecule has 0 heteroatoms. The van der Waals surface area contributed by atoms with Gasteiger partial charge in [0.15, 0.2) is 0 Å². The second-order valence-corrected chi connectivity index (χ2v) is 2.74. The summed E-state index contributed by atoms with van der Waals surface area (Å²) in [4.78, 5) is 0. The minimum Gasteiger partial charge on any atom is -0.102 e. The van der Waals surface area contributed by atoms with Crippen LogP contribution in [-0.2, 0) is 0 Å². The lowest BCUT2D eigenvalue weighted by atomic mass is 10.3. The summed E-state index contributed by atoms with van der Waals surface area (Å²) >= 11 is 0. The molecule has 0 nitrogen and oxygen atoms in total. The maximum absolute atomic E-state index is 3.77. The van der Waals surface area contributed by atoms with E-state index in [1.807, 2.05) is 13.0 Å². The predicted octanol–water partition coefficient (Wildman–Crippen LogP) is 2.94. The van der Waals surface area contributed by atoms with E-state index in [-0.39, 0.29) is 0 Å². The first-order valence-electron chi connectivity index (χ1n) is 3.76. The van der Waals surface area contributed by atoms with Crippen LogP contribution in [0.2, 0.25) is 0 Å². The van der Waals surface area contributed by atoms with Gasteiger partial charge in [-0.25, -0.2) is 0 Å². The highest BCUT2D eigenvalue weighted by Gasteiger charge is 2.36. The van der Waals surface area contributed by atoms with Crippen LogP contribution < -0.4 is 0 Å². The SMILES string of the molecule is C=CC1C(=CC=CC)C1C. The quantitative estimate of drug-likeness (QED) is 0.509. The highest BCUT2D eigenvalue weighted by Crippen LogP contribution is 2.45. The van der Waals surface area contributed by atoms with Crippen LogP contribution in [0.1, 0.15) is 13.8 Å². The molecule has 1 fully saturated rings. The molecule has 1 aliphatic carbocycles. The Balaban J connectivity index is 2.54. The molecule has 0 aromatic rings. The van der Waals surface area contributed by atoms with Gasteiger partial charge in [0.25, 0.3) is 0 Å². The van der Waals surface area contributed by atoms with Gasteiger partial charge < -0.3 is 0 Å². The average molecular weight is 134 g/mol. The Morgan fingerprint density at radius 1 is 1.50 bits per heavy atom. The number of rotatable bonds is 2. The van der Waals surface area contributed by atoms with Crippen LogP contribution in [0.5, 0.6) is 0 Å². The molecule has 54 valence electrons. The van der Waals surface area contributed by atoms with Gasteiger partial charge in [-0.05, 0) is 12.8 Å². The lowest BCUT2D eigenvalue weighted by Gasteiger charge is -1.72. The van der Waals surface area contributed by atoms with Crippen molar-refractivity contribution in [3.8, 4) is 0 Å². The maximum Gasteiger partial charge on any atom is 0.00434 e. The summed E-state index contributed by atoms with van der Waals surface area (Å²) in [5.41, 5.74) is 1.52. The van der Waals surface area contributed by atoms with Crippen LogP contribution in [-0.4, -0.2) is 0 Å². The van der Waals surface area contributed by atoms with Gasteiger partial charge in [-0.15, -0.1) is 6.58 Å². The van der Waals surface area contributed by atoms with E-state index in [4.69, 9.17) is 0 Å². The molecule has 0 saturated heterocycles. The van der Waals surface area contributed by atoms with E-state index >= 15 is 0 Å². The third kappa shape index (κ3) is 1.21. The Labute approximate surface area is 62.9 Å². The van der Waals surface area contributed by atoms with E-state index in [2.05, 4.69) is 31.7 Å². The molecule has 1 aliphatic rings. The second-order valence-electron chi connectivity index (χ2n) is 2.74. The zero-order valence-corrected chi connectivity index (χ0v) is 6.67. The fourth-order valence-electron chi connectivity index (χ4n) is 1.26. The van der Waals surface area contributed by atoms with Gasteiger partial charge in [0.2, 0.25) is 0 Å². The fraction of sp³-hybridized carbons (Fsp3) is 0.400. The zero-order valence-electron chi connectivity index (χ0n) is 6.67. The van der Waals surface area contributed by atoms with Gasteiger partial charge in [-0.2, -0.15) is 0 Å². The molecule has 2 unspecified atom stereocenters. The standard InChI is InChI=1S/C10H14/c1-4-6-7-10-8(3)9(10)5-2/h4-9H,2H2,1,3H3. The van der Waals surface area contributed by atoms with E-state index < -0.39 is 0 Å². The molecule has 0 radical (unpaired) electrons. The highest BCUT2D eigenvalue weighted by molar-refractivity contribution is 5.35. The first kappa shape index (κ1) is 7.33. The van der Waals surface area contributed by atoms with E-state index in [9.17, 15) is 0 Å². The van der Waals surface area contributed by atoms with E-state index in [0.29, 0.717) is 5.92 Å². The molecule has 2 atom stereocenters. The van der Waals surface area contributed by atoms with Gasteiger partial charge in [-0.1, -0.05) is 36.8 Å². The van der Waals surface area contributed by atoms with Crippen molar-refractivity contribution in [3.63, 3.8) is 0 Å². The molecule has 0 aromatic heterocycles. The van der Waals surface area contributed by atoms with Crippen LogP contribution >= 0.6 is 0 Å². The highest BCUT2D eigenvalue weighted by atomic mass is 14.4. The molecule has 1 rings (SSSR count). The normalized spacial score (nSPS) is 35.2. The summed E-state index contributed by atoms with van der Waals surface area (Å²) in [6, 6.07) is 0. The van der Waals surface area contributed by atoms with Crippen molar-refractivity contribution in [3.05, 3.63) is 36.5 Å². The lowest BCUT2D eigenvalue weighted by molar-refractivity contribution is 0.905. The number of hydrogen-bond donors (Lipinski definition) is 0. The minimum absolute atomic E-state index is 0.663. The van der Waals surface area contributed by atoms with Crippen LogP contribution in [0.4, 0.5) is 0 Å². The molecular formula is C10H14. The smallest absolute Gasteiger partial charge is 0.00434 e. The van der Waals surface area contributed by atoms with Crippen molar-refractivity contribution in [2.45, 2.75) is 13.8 Å². The monoisotopic (exact) mass is 134 g/mol. The molecule has 0 N–H and O–H groups in total. The first-order valence-corrected chi connectivity index (χ1v) is 3.76. The lowest BCUT2D eigenvalue weighted by Crippen LogP contribution is -1.62. The Morgan fingerprint density at radius 2 is 2.20 bits per heavy atom. The summed E-state index contributed by atoms with van der Waals surface area (Å²) in [6.45, 7) is 8.04. The third-order valence-electron chi connectivity index (χ3n) is 2.08. The zero-order chi connectivity index (χ0) is 7.56. The van der Waals surface area contributed by atoms with Crippen molar-refractivity contribution < 1.29 is 0 Å². The van der Waals surface area contributed by atoms with Gasteiger partial charge in [0.05, 0.1) is 0 Å². The maximum atomic E-state index is 3.77. The molecule has 0 amide bonds. The average Bonchev–Trinajstić information content (AvgIpc) is 2.56. The molecule has 1 saturated carbocycles. The summed E-state index contributed by atoms with van der Waals surface area (Å²) in [5.74, 6) is 1.41. The van der Waals surface area contributed by atoms with Gasteiger partial charge in [0, 0.05) is 5.92 Å². The topological polar surface area (TPSA) is 0 Å².